The summed E-state index contributed by atoms with van der Waals surface area (Å²) in [5.41, 5.74) is 1.58. The van der Waals surface area contributed by atoms with Crippen molar-refractivity contribution in [3.8, 4) is 23.0 Å². The van der Waals surface area contributed by atoms with Gasteiger partial charge < -0.3 is 14.7 Å². The molecule has 0 aliphatic carbocycles. The summed E-state index contributed by atoms with van der Waals surface area (Å²) in [5.74, 6) is -1.20. The average molecular weight is 698 g/mol. The third-order valence-corrected chi connectivity index (χ3v) is 10.8. The number of carbonyl (C=O) groups excluding carboxylic acids is 1. The Morgan fingerprint density at radius 2 is 1.96 bits per heavy atom. The van der Waals surface area contributed by atoms with Gasteiger partial charge >= 0.3 is 6.01 Å². The number of benzene rings is 2. The van der Waals surface area contributed by atoms with Gasteiger partial charge in [0.05, 0.1) is 22.9 Å². The van der Waals surface area contributed by atoms with Crippen LogP contribution in [0.25, 0.3) is 32.9 Å². The van der Waals surface area contributed by atoms with Crippen molar-refractivity contribution in [3.05, 3.63) is 77.5 Å². The maximum absolute atomic E-state index is 17.0. The normalized spacial score (nSPS) is 20.6. The van der Waals surface area contributed by atoms with E-state index in [0.717, 1.165) is 25.1 Å². The van der Waals surface area contributed by atoms with Crippen LogP contribution in [0.4, 0.5) is 19.0 Å². The van der Waals surface area contributed by atoms with Crippen molar-refractivity contribution in [3.63, 3.8) is 0 Å². The van der Waals surface area contributed by atoms with Crippen LogP contribution in [0, 0.1) is 24.5 Å². The minimum atomic E-state index is -0.762. The molecule has 3 saturated heterocycles. The van der Waals surface area contributed by atoms with Crippen LogP contribution >= 0.6 is 0 Å². The van der Waals surface area contributed by atoms with Crippen LogP contribution < -0.4 is 9.64 Å². The number of rotatable bonds is 7. The van der Waals surface area contributed by atoms with Crippen LogP contribution in [0.1, 0.15) is 55.1 Å². The molecule has 1 N–H and O–H groups in total. The van der Waals surface area contributed by atoms with Gasteiger partial charge in [0, 0.05) is 43.5 Å². The fourth-order valence-electron chi connectivity index (χ4n) is 8.26. The van der Waals surface area contributed by atoms with Gasteiger partial charge in [-0.2, -0.15) is 15.1 Å². The predicted molar refractivity (Wildman–Crippen MR) is 187 cm³/mol. The van der Waals surface area contributed by atoms with E-state index in [-0.39, 0.29) is 47.0 Å². The summed E-state index contributed by atoms with van der Waals surface area (Å²) in [7, 11) is 0. The molecule has 10 nitrogen and oxygen atoms in total. The van der Waals surface area contributed by atoms with E-state index in [2.05, 4.69) is 20.0 Å². The van der Waals surface area contributed by atoms with E-state index >= 15 is 8.78 Å². The molecule has 3 aliphatic heterocycles. The SMILES string of the molecule is CCc1c(F)ccc2cc(O)cc(-c3ncc4c(N5CCC(C(=O)n6ccc(C)n6)CC5)nc(OC[C@@]56CCCN5C/C(=C\F)C6)nc4c3F)c12. The van der Waals surface area contributed by atoms with Crippen LogP contribution in [0.5, 0.6) is 11.8 Å². The second-order valence-corrected chi connectivity index (χ2v) is 14.0. The number of carbonyl (C=O) groups is 1. The van der Waals surface area contributed by atoms with Gasteiger partial charge in [-0.1, -0.05) is 13.0 Å². The molecule has 51 heavy (non-hydrogen) atoms. The number of ether oxygens (including phenoxy) is 1. The van der Waals surface area contributed by atoms with E-state index in [9.17, 15) is 14.3 Å². The van der Waals surface area contributed by atoms with Crippen LogP contribution in [-0.4, -0.2) is 79.0 Å². The zero-order valence-corrected chi connectivity index (χ0v) is 28.5. The smallest absolute Gasteiger partial charge is 0.319 e. The molecular formula is C38H38F3N7O3. The Bertz CT molecular complexity index is 2210. The first-order chi connectivity index (χ1) is 24.7. The molecule has 0 bridgehead atoms. The first-order valence-electron chi connectivity index (χ1n) is 17.5. The Morgan fingerprint density at radius 3 is 2.71 bits per heavy atom. The molecule has 3 aliphatic rings. The van der Waals surface area contributed by atoms with Gasteiger partial charge in [0.15, 0.2) is 5.82 Å². The van der Waals surface area contributed by atoms with Crippen LogP contribution in [0.15, 0.2) is 54.6 Å². The van der Waals surface area contributed by atoms with Gasteiger partial charge in [0.2, 0.25) is 5.91 Å². The maximum atomic E-state index is 17.0. The average Bonchev–Trinajstić information content (AvgIpc) is 3.84. The molecular weight excluding hydrogens is 659 g/mol. The quantitative estimate of drug-likeness (QED) is 0.194. The van der Waals surface area contributed by atoms with Gasteiger partial charge in [-0.25, -0.2) is 17.9 Å². The monoisotopic (exact) mass is 697 g/mol. The second-order valence-electron chi connectivity index (χ2n) is 14.0. The number of hydrogen-bond donors (Lipinski definition) is 1. The lowest BCUT2D eigenvalue weighted by Gasteiger charge is -2.33. The number of piperidine rings is 1. The topological polar surface area (TPSA) is 110 Å². The first-order valence-corrected chi connectivity index (χ1v) is 17.5. The molecule has 13 heteroatoms. The summed E-state index contributed by atoms with van der Waals surface area (Å²) in [6.45, 7) is 6.15. The Labute approximate surface area is 292 Å². The van der Waals surface area contributed by atoms with Crippen molar-refractivity contribution >= 4 is 33.4 Å². The fraction of sp³-hybridized carbons (Fsp3) is 0.395. The van der Waals surface area contributed by atoms with E-state index < -0.39 is 17.2 Å². The Kier molecular flexibility index (Phi) is 8.40. The van der Waals surface area contributed by atoms with Crippen LogP contribution in [-0.2, 0) is 6.42 Å². The number of nitrogens with zero attached hydrogens (tertiary/aromatic N) is 7. The highest BCUT2D eigenvalue weighted by molar-refractivity contribution is 6.01. The number of hydrogen-bond acceptors (Lipinski definition) is 9. The molecule has 0 radical (unpaired) electrons. The van der Waals surface area contributed by atoms with Gasteiger partial charge in [0.1, 0.15) is 35.2 Å². The molecule has 0 spiro atoms. The molecule has 3 aromatic heterocycles. The highest BCUT2D eigenvalue weighted by Crippen LogP contribution is 2.43. The highest BCUT2D eigenvalue weighted by Gasteiger charge is 2.47. The van der Waals surface area contributed by atoms with Crippen molar-refractivity contribution in [1.82, 2.24) is 29.6 Å². The molecule has 1 atom stereocenters. The van der Waals surface area contributed by atoms with Crippen LogP contribution in [0.3, 0.4) is 0 Å². The number of halogens is 3. The molecule has 0 unspecified atom stereocenters. The first kappa shape index (κ1) is 33.1. The molecule has 5 aromatic rings. The van der Waals surface area contributed by atoms with Gasteiger partial charge in [-0.15, -0.1) is 0 Å². The lowest BCUT2D eigenvalue weighted by atomic mass is 9.94. The number of phenolic OH excluding ortho intramolecular Hbond substituents is 1. The number of fused-ring (bicyclic) bond motifs is 3. The third-order valence-electron chi connectivity index (χ3n) is 10.8. The van der Waals surface area contributed by atoms with Crippen molar-refractivity contribution in [1.29, 1.82) is 0 Å². The summed E-state index contributed by atoms with van der Waals surface area (Å²) in [4.78, 5) is 31.3. The number of anilines is 1. The molecule has 8 rings (SSSR count). The van der Waals surface area contributed by atoms with E-state index in [4.69, 9.17) is 9.72 Å². The lowest BCUT2D eigenvalue weighted by molar-refractivity contribution is 0.0795. The number of aryl methyl sites for hydroxylation is 2. The van der Waals surface area contributed by atoms with E-state index in [1.165, 1.54) is 29.1 Å². The Hall–Kier alpha value is -5.04. The Balaban J connectivity index is 1.20. The van der Waals surface area contributed by atoms with E-state index in [0.29, 0.717) is 84.8 Å². The summed E-state index contributed by atoms with van der Waals surface area (Å²) < 4.78 is 53.3. The fourth-order valence-corrected chi connectivity index (χ4v) is 8.26. The number of aromatic hydroxyl groups is 1. The van der Waals surface area contributed by atoms with Crippen molar-refractivity contribution < 1.29 is 27.8 Å². The molecule has 3 fully saturated rings. The summed E-state index contributed by atoms with van der Waals surface area (Å²) in [6.07, 6.45) is 7.58. The zero-order valence-electron chi connectivity index (χ0n) is 28.5. The molecule has 6 heterocycles. The van der Waals surface area contributed by atoms with E-state index in [1.54, 1.807) is 18.3 Å². The van der Waals surface area contributed by atoms with Crippen molar-refractivity contribution in [2.24, 2.45) is 5.92 Å². The predicted octanol–water partition coefficient (Wildman–Crippen LogP) is 6.92. The van der Waals surface area contributed by atoms with Gasteiger partial charge in [0.25, 0.3) is 0 Å². The summed E-state index contributed by atoms with van der Waals surface area (Å²) >= 11 is 0. The molecule has 0 saturated carbocycles. The third kappa shape index (κ3) is 5.77. The van der Waals surface area contributed by atoms with Gasteiger partial charge in [-0.3, -0.25) is 14.7 Å². The summed E-state index contributed by atoms with van der Waals surface area (Å²) in [6, 6.07) is 7.57. The number of phenols is 1. The standard InChI is InChI=1S/C38H38F3N7O3/c1-3-27-30(40)6-5-25-15-26(49)16-28(31(25)27)33-32(41)34-29(19-42-33)35(46-12-8-24(9-13-46)36(50)48-14-7-22(2)45-48)44-37(43-34)51-21-38-10-4-11-47(38)20-23(17-38)18-39/h5-7,14-16,18-19,24,49H,3-4,8-13,17,20-21H2,1-2H3/b23-18-/t38-/m0/s1. The van der Waals surface area contributed by atoms with Gasteiger partial charge in [-0.05, 0) is 98.2 Å². The highest BCUT2D eigenvalue weighted by atomic mass is 19.1. The Morgan fingerprint density at radius 1 is 1.14 bits per heavy atom. The number of pyridine rings is 1. The minimum absolute atomic E-state index is 0.0290. The largest absolute Gasteiger partial charge is 0.508 e. The van der Waals surface area contributed by atoms with Crippen molar-refractivity contribution in [2.45, 2.75) is 57.9 Å². The zero-order chi connectivity index (χ0) is 35.4. The number of aromatic nitrogens is 5. The van der Waals surface area contributed by atoms with Crippen LogP contribution in [0.2, 0.25) is 0 Å². The summed E-state index contributed by atoms with van der Waals surface area (Å²) in [5, 5.41) is 16.3. The lowest BCUT2D eigenvalue weighted by Crippen LogP contribution is -2.43. The molecule has 264 valence electrons. The minimum Gasteiger partial charge on any atom is -0.508 e. The molecule has 2 aromatic carbocycles. The van der Waals surface area contributed by atoms with E-state index in [1.807, 2.05) is 18.7 Å². The second kappa shape index (κ2) is 12.9. The van der Waals surface area contributed by atoms with Crippen molar-refractivity contribution in [2.75, 3.05) is 37.7 Å². The molecule has 0 amide bonds. The maximum Gasteiger partial charge on any atom is 0.319 e.